The molecule has 0 saturated heterocycles. The zero-order chi connectivity index (χ0) is 12.1. The number of carboxylic acid groups (broad SMARTS) is 1. The second-order valence-corrected chi connectivity index (χ2v) is 2.56. The van der Waals surface area contributed by atoms with Crippen molar-refractivity contribution in [1.82, 2.24) is 0 Å². The summed E-state index contributed by atoms with van der Waals surface area (Å²) in [5.74, 6) is -1.12. The molecule has 6 heteroatoms. The molecule has 0 rings (SSSR count). The zero-order valence-corrected chi connectivity index (χ0v) is 8.77. The van der Waals surface area contributed by atoms with Gasteiger partial charge in [-0.3, -0.25) is 0 Å². The minimum atomic E-state index is -1.12. The van der Waals surface area contributed by atoms with Crippen LogP contribution < -0.4 is 0 Å². The van der Waals surface area contributed by atoms with Crippen molar-refractivity contribution in [1.29, 1.82) is 0 Å². The lowest BCUT2D eigenvalue weighted by atomic mass is 10.3. The molecule has 0 radical (unpaired) electrons. The number of carbonyl (C=O) groups excluding carboxylic acids is 2. The molecule has 15 heavy (non-hydrogen) atoms. The summed E-state index contributed by atoms with van der Waals surface area (Å²) < 4.78 is 0. The Balaban J connectivity index is 0. The fourth-order valence-corrected chi connectivity index (χ4v) is 0.417. The fraction of sp³-hybridized carbons (Fsp3) is 0.667. The van der Waals surface area contributed by atoms with Crippen molar-refractivity contribution in [2.24, 2.45) is 9.98 Å². The minimum Gasteiger partial charge on any atom is -0.480 e. The molecule has 0 aromatic carbocycles. The van der Waals surface area contributed by atoms with Crippen LogP contribution in [0.3, 0.4) is 0 Å². The first-order valence-electron chi connectivity index (χ1n) is 4.43. The number of hydrogen-bond donors (Lipinski definition) is 1. The van der Waals surface area contributed by atoms with Gasteiger partial charge < -0.3 is 5.11 Å². The molecule has 0 aliphatic heterocycles. The Morgan fingerprint density at radius 3 is 2.27 bits per heavy atom. The van der Waals surface area contributed by atoms with Crippen LogP contribution in [0.25, 0.3) is 0 Å². The number of aliphatic imine (C=N–C) groups is 2. The fourth-order valence-electron chi connectivity index (χ4n) is 0.417. The van der Waals surface area contributed by atoms with E-state index in [1.807, 2.05) is 0 Å². The Bertz CT molecular complexity index is 263. The van der Waals surface area contributed by atoms with E-state index in [-0.39, 0.29) is 0 Å². The number of hydrogen-bond acceptors (Lipinski definition) is 5. The Morgan fingerprint density at radius 1 is 1.40 bits per heavy atom. The van der Waals surface area contributed by atoms with Gasteiger partial charge in [0, 0.05) is 0 Å². The number of unbranched alkanes of at least 4 members (excludes halogenated alkanes) is 1. The first kappa shape index (κ1) is 15.7. The topological polar surface area (TPSA) is 96.2 Å². The molecule has 0 aromatic rings. The van der Waals surface area contributed by atoms with Gasteiger partial charge in [0.2, 0.25) is 12.2 Å². The highest BCUT2D eigenvalue weighted by atomic mass is 16.4. The monoisotopic (exact) mass is 214 g/mol. The standard InChI is InChI=1S/C5H9NO.C4H5NO3/c1-2-3-4-6-5-7;1-3(4(7)8)5-2-6/h2-4H2,1H3;3H,1H3,(H,7,8). The highest BCUT2D eigenvalue weighted by molar-refractivity contribution is 5.74. The van der Waals surface area contributed by atoms with Crippen LogP contribution in [0.5, 0.6) is 0 Å². The summed E-state index contributed by atoms with van der Waals surface area (Å²) >= 11 is 0. The normalized spacial score (nSPS) is 9.73. The maximum atomic E-state index is 9.82. The SMILES string of the molecule is CC(N=C=O)C(=O)O.CCCCN=C=O. The Morgan fingerprint density at radius 2 is 2.00 bits per heavy atom. The predicted molar refractivity (Wildman–Crippen MR) is 53.1 cm³/mol. The number of nitrogens with zero attached hydrogens (tertiary/aromatic N) is 2. The third kappa shape index (κ3) is 15.0. The number of isocyanates is 2. The molecule has 1 atom stereocenters. The maximum absolute atomic E-state index is 9.82. The lowest BCUT2D eigenvalue weighted by Gasteiger charge is -1.90. The molecule has 0 aromatic heterocycles. The van der Waals surface area contributed by atoms with Crippen LogP contribution >= 0.6 is 0 Å². The van der Waals surface area contributed by atoms with E-state index in [0.717, 1.165) is 18.9 Å². The highest BCUT2D eigenvalue weighted by Gasteiger charge is 2.06. The lowest BCUT2D eigenvalue weighted by Crippen LogP contribution is -2.12. The van der Waals surface area contributed by atoms with Gasteiger partial charge in [0.1, 0.15) is 0 Å². The minimum absolute atomic E-state index is 0.639. The molecule has 0 aliphatic carbocycles. The van der Waals surface area contributed by atoms with Crippen LogP contribution in [-0.4, -0.2) is 35.8 Å². The van der Waals surface area contributed by atoms with Crippen LogP contribution in [0.1, 0.15) is 26.7 Å². The van der Waals surface area contributed by atoms with E-state index in [9.17, 15) is 14.4 Å². The molecule has 0 amide bonds. The average Bonchev–Trinajstić information content (AvgIpc) is 2.20. The second-order valence-electron chi connectivity index (χ2n) is 2.56. The largest absolute Gasteiger partial charge is 0.480 e. The molecule has 0 aliphatic rings. The van der Waals surface area contributed by atoms with Crippen LogP contribution in [0.15, 0.2) is 9.98 Å². The quantitative estimate of drug-likeness (QED) is 0.418. The molecule has 1 N–H and O–H groups in total. The van der Waals surface area contributed by atoms with Crippen molar-refractivity contribution in [3.05, 3.63) is 0 Å². The van der Waals surface area contributed by atoms with Gasteiger partial charge in [-0.25, -0.2) is 19.4 Å². The number of carboxylic acids is 1. The molecule has 6 nitrogen and oxygen atoms in total. The van der Waals surface area contributed by atoms with Crippen molar-refractivity contribution >= 4 is 18.1 Å². The molecular formula is C9H14N2O4. The molecule has 0 saturated carbocycles. The van der Waals surface area contributed by atoms with E-state index in [4.69, 9.17) is 5.11 Å². The van der Waals surface area contributed by atoms with Crippen molar-refractivity contribution in [2.75, 3.05) is 6.54 Å². The van der Waals surface area contributed by atoms with Crippen LogP contribution in [0.4, 0.5) is 0 Å². The van der Waals surface area contributed by atoms with Gasteiger partial charge in [0.15, 0.2) is 6.04 Å². The van der Waals surface area contributed by atoms with Crippen molar-refractivity contribution in [3.63, 3.8) is 0 Å². The van der Waals surface area contributed by atoms with E-state index in [1.54, 1.807) is 0 Å². The van der Waals surface area contributed by atoms with Crippen LogP contribution in [0, 0.1) is 0 Å². The zero-order valence-electron chi connectivity index (χ0n) is 8.77. The van der Waals surface area contributed by atoms with E-state index in [0.29, 0.717) is 6.54 Å². The van der Waals surface area contributed by atoms with E-state index >= 15 is 0 Å². The molecule has 0 spiro atoms. The van der Waals surface area contributed by atoms with Gasteiger partial charge in [-0.15, -0.1) is 0 Å². The van der Waals surface area contributed by atoms with Gasteiger partial charge in [0.25, 0.3) is 0 Å². The Kier molecular flexibility index (Phi) is 12.8. The predicted octanol–water partition coefficient (Wildman–Crippen LogP) is 0.918. The third-order valence-corrected chi connectivity index (χ3v) is 1.29. The molecular weight excluding hydrogens is 200 g/mol. The number of carbonyl (C=O) groups is 1. The van der Waals surface area contributed by atoms with Crippen molar-refractivity contribution < 1.29 is 19.5 Å². The summed E-state index contributed by atoms with van der Waals surface area (Å²) in [5, 5.41) is 8.04. The maximum Gasteiger partial charge on any atom is 0.329 e. The van der Waals surface area contributed by atoms with Crippen LogP contribution in [-0.2, 0) is 14.4 Å². The van der Waals surface area contributed by atoms with Crippen molar-refractivity contribution in [3.8, 4) is 0 Å². The average molecular weight is 214 g/mol. The second kappa shape index (κ2) is 12.2. The summed E-state index contributed by atoms with van der Waals surface area (Å²) in [7, 11) is 0. The van der Waals surface area contributed by atoms with Gasteiger partial charge in [-0.05, 0) is 13.3 Å². The van der Waals surface area contributed by atoms with Gasteiger partial charge in [0.05, 0.1) is 6.54 Å². The first-order valence-corrected chi connectivity index (χ1v) is 4.43. The molecule has 0 fully saturated rings. The van der Waals surface area contributed by atoms with Gasteiger partial charge in [-0.1, -0.05) is 13.3 Å². The van der Waals surface area contributed by atoms with Crippen LogP contribution in [0.2, 0.25) is 0 Å². The van der Waals surface area contributed by atoms with Gasteiger partial charge in [-0.2, -0.15) is 4.99 Å². The summed E-state index contributed by atoms with van der Waals surface area (Å²) in [6, 6.07) is -0.965. The van der Waals surface area contributed by atoms with E-state index in [2.05, 4.69) is 16.9 Å². The molecule has 0 heterocycles. The van der Waals surface area contributed by atoms with Gasteiger partial charge >= 0.3 is 5.97 Å². The molecule has 84 valence electrons. The lowest BCUT2D eigenvalue weighted by molar-refractivity contribution is -0.137. The number of rotatable bonds is 5. The van der Waals surface area contributed by atoms with Crippen molar-refractivity contribution in [2.45, 2.75) is 32.7 Å². The van der Waals surface area contributed by atoms with E-state index in [1.165, 1.54) is 13.0 Å². The summed E-state index contributed by atoms with van der Waals surface area (Å²) in [5.41, 5.74) is 0. The summed E-state index contributed by atoms with van der Waals surface area (Å²) in [6.45, 7) is 3.99. The smallest absolute Gasteiger partial charge is 0.329 e. The number of aliphatic carboxylic acids is 1. The summed E-state index contributed by atoms with van der Waals surface area (Å²) in [4.78, 5) is 34.8. The Labute approximate surface area is 87.7 Å². The highest BCUT2D eigenvalue weighted by Crippen LogP contribution is 1.84. The molecule has 1 unspecified atom stereocenters. The summed E-state index contributed by atoms with van der Waals surface area (Å²) in [6.07, 6.45) is 4.70. The third-order valence-electron chi connectivity index (χ3n) is 1.29. The van der Waals surface area contributed by atoms with E-state index < -0.39 is 12.0 Å². The first-order chi connectivity index (χ1) is 7.09. The molecule has 0 bridgehead atoms. The Hall–Kier alpha value is -1.77.